The minimum atomic E-state index is -1.10. The van der Waals surface area contributed by atoms with Crippen molar-refractivity contribution in [1.82, 2.24) is 5.32 Å². The molecule has 1 saturated heterocycles. The summed E-state index contributed by atoms with van der Waals surface area (Å²) in [5.41, 5.74) is 0.961. The highest BCUT2D eigenvalue weighted by Crippen LogP contribution is 2.22. The number of rotatable bonds is 4. The van der Waals surface area contributed by atoms with Crippen LogP contribution in [-0.4, -0.2) is 29.2 Å². The van der Waals surface area contributed by atoms with Crippen LogP contribution in [0.25, 0.3) is 0 Å². The van der Waals surface area contributed by atoms with Gasteiger partial charge in [0, 0.05) is 6.54 Å². The van der Waals surface area contributed by atoms with Gasteiger partial charge in [-0.25, -0.2) is 4.79 Å². The minimum absolute atomic E-state index is 0.378. The van der Waals surface area contributed by atoms with Gasteiger partial charge in [0.05, 0.1) is 0 Å². The molecule has 1 aliphatic heterocycles. The largest absolute Gasteiger partial charge is 0.479 e. The minimum Gasteiger partial charge on any atom is -0.479 e. The molecule has 0 saturated carbocycles. The van der Waals surface area contributed by atoms with Crippen LogP contribution >= 0.6 is 0 Å². The third kappa shape index (κ3) is 2.38. The average molecular weight is 221 g/mol. The van der Waals surface area contributed by atoms with Crippen LogP contribution in [0.3, 0.4) is 0 Å². The topological polar surface area (TPSA) is 78.9 Å². The van der Waals surface area contributed by atoms with Crippen LogP contribution in [0.1, 0.15) is 5.56 Å². The predicted octanol–water partition coefficient (Wildman–Crippen LogP) is 0.155. The Morgan fingerprint density at radius 2 is 1.94 bits per heavy atom. The first kappa shape index (κ1) is 10.6. The van der Waals surface area contributed by atoms with Crippen LogP contribution in [-0.2, 0) is 20.9 Å². The van der Waals surface area contributed by atoms with E-state index in [1.54, 1.807) is 0 Å². The van der Waals surface area contributed by atoms with Crippen molar-refractivity contribution in [2.24, 2.45) is 0 Å². The Kier molecular flexibility index (Phi) is 2.87. The molecule has 16 heavy (non-hydrogen) atoms. The Labute approximate surface area is 92.0 Å². The van der Waals surface area contributed by atoms with Gasteiger partial charge in [-0.15, -0.1) is 0 Å². The van der Waals surface area contributed by atoms with Crippen LogP contribution in [0.15, 0.2) is 30.3 Å². The normalized spacial score (nSPS) is 22.5. The third-order valence-corrected chi connectivity index (χ3v) is 2.30. The number of nitrogens with one attached hydrogen (secondary N) is 1. The molecule has 2 rings (SSSR count). The molecule has 0 unspecified atom stereocenters. The summed E-state index contributed by atoms with van der Waals surface area (Å²) in [6.07, 6.45) is -1.81. The lowest BCUT2D eigenvalue weighted by Crippen LogP contribution is -2.29. The molecule has 2 atom stereocenters. The van der Waals surface area contributed by atoms with E-state index in [1.807, 2.05) is 30.3 Å². The van der Waals surface area contributed by atoms with Gasteiger partial charge in [0.1, 0.15) is 0 Å². The van der Waals surface area contributed by atoms with Gasteiger partial charge in [0.2, 0.25) is 0 Å². The van der Waals surface area contributed by atoms with Crippen LogP contribution in [0.4, 0.5) is 0 Å². The lowest BCUT2D eigenvalue weighted by Gasteiger charge is -2.02. The van der Waals surface area contributed by atoms with Crippen molar-refractivity contribution in [1.29, 1.82) is 0 Å². The van der Waals surface area contributed by atoms with Gasteiger partial charge in [0.25, 0.3) is 5.91 Å². The summed E-state index contributed by atoms with van der Waals surface area (Å²) in [7, 11) is 0. The number of hydrogen-bond donors (Lipinski definition) is 2. The Morgan fingerprint density at radius 3 is 2.50 bits per heavy atom. The first-order valence-corrected chi connectivity index (χ1v) is 4.88. The molecule has 0 spiro atoms. The van der Waals surface area contributed by atoms with Gasteiger partial charge in [-0.3, -0.25) is 4.79 Å². The zero-order valence-electron chi connectivity index (χ0n) is 8.42. The smallest absolute Gasteiger partial charge is 0.336 e. The summed E-state index contributed by atoms with van der Waals surface area (Å²) in [4.78, 5) is 21.8. The molecular weight excluding hydrogens is 210 g/mol. The maximum Gasteiger partial charge on any atom is 0.336 e. The average Bonchev–Trinajstić information content (AvgIpc) is 3.07. The molecule has 0 radical (unpaired) electrons. The molecule has 5 heteroatoms. The van der Waals surface area contributed by atoms with Crippen molar-refractivity contribution >= 4 is 11.9 Å². The molecule has 84 valence electrons. The van der Waals surface area contributed by atoms with Gasteiger partial charge >= 0.3 is 5.97 Å². The number of aliphatic carboxylic acids is 1. The number of carboxylic acids is 1. The molecule has 1 aromatic carbocycles. The van der Waals surface area contributed by atoms with E-state index in [4.69, 9.17) is 9.84 Å². The van der Waals surface area contributed by atoms with E-state index in [9.17, 15) is 9.59 Å². The number of ether oxygens (including phenoxy) is 1. The number of carbonyl (C=O) groups excluding carboxylic acids is 1. The zero-order valence-corrected chi connectivity index (χ0v) is 8.42. The summed E-state index contributed by atoms with van der Waals surface area (Å²) < 4.78 is 4.72. The van der Waals surface area contributed by atoms with E-state index >= 15 is 0 Å². The van der Waals surface area contributed by atoms with Gasteiger partial charge in [-0.1, -0.05) is 30.3 Å². The quantitative estimate of drug-likeness (QED) is 0.709. The first-order valence-electron chi connectivity index (χ1n) is 4.88. The van der Waals surface area contributed by atoms with E-state index in [2.05, 4.69) is 5.32 Å². The van der Waals surface area contributed by atoms with Gasteiger partial charge in [-0.2, -0.15) is 0 Å². The summed E-state index contributed by atoms with van der Waals surface area (Å²) in [6.45, 7) is 0.381. The van der Waals surface area contributed by atoms with Gasteiger partial charge in [-0.05, 0) is 5.56 Å². The Hall–Kier alpha value is -1.88. The highest BCUT2D eigenvalue weighted by atomic mass is 16.6. The number of carbonyl (C=O) groups is 2. The van der Waals surface area contributed by atoms with E-state index in [0.29, 0.717) is 6.54 Å². The molecule has 0 bridgehead atoms. The molecule has 2 N–H and O–H groups in total. The fraction of sp³-hybridized carbons (Fsp3) is 0.273. The number of benzene rings is 1. The molecule has 0 aliphatic carbocycles. The summed E-state index contributed by atoms with van der Waals surface area (Å²) in [6, 6.07) is 9.38. The predicted molar refractivity (Wildman–Crippen MR) is 54.6 cm³/mol. The van der Waals surface area contributed by atoms with Crippen molar-refractivity contribution < 1.29 is 19.4 Å². The Bertz CT molecular complexity index is 404. The van der Waals surface area contributed by atoms with E-state index < -0.39 is 18.2 Å². The maximum absolute atomic E-state index is 11.4. The van der Waals surface area contributed by atoms with Crippen molar-refractivity contribution in [2.75, 3.05) is 0 Å². The number of carboxylic acid groups (broad SMARTS) is 1. The standard InChI is InChI=1S/C11H11NO4/c13-10(8-9(16-8)11(14)15)12-6-7-4-2-1-3-5-7/h1-5,8-9H,6H2,(H,12,13)(H,14,15)/t8-,9-/m1/s1. The van der Waals surface area contributed by atoms with E-state index in [-0.39, 0.29) is 5.91 Å². The van der Waals surface area contributed by atoms with Crippen molar-refractivity contribution in [3.63, 3.8) is 0 Å². The lowest BCUT2D eigenvalue weighted by molar-refractivity contribution is -0.138. The number of hydrogen-bond acceptors (Lipinski definition) is 3. The maximum atomic E-state index is 11.4. The van der Waals surface area contributed by atoms with Crippen LogP contribution in [0, 0.1) is 0 Å². The van der Waals surface area contributed by atoms with Crippen LogP contribution in [0.5, 0.6) is 0 Å². The second-order valence-corrected chi connectivity index (χ2v) is 3.52. The monoisotopic (exact) mass is 221 g/mol. The molecule has 1 aromatic rings. The van der Waals surface area contributed by atoms with Crippen LogP contribution in [0.2, 0.25) is 0 Å². The zero-order chi connectivity index (χ0) is 11.5. The Morgan fingerprint density at radius 1 is 1.25 bits per heavy atom. The van der Waals surface area contributed by atoms with E-state index in [1.165, 1.54) is 0 Å². The summed E-state index contributed by atoms with van der Waals surface area (Å²) in [5, 5.41) is 11.2. The second-order valence-electron chi connectivity index (χ2n) is 3.52. The summed E-state index contributed by atoms with van der Waals surface area (Å²) in [5.74, 6) is -1.48. The fourth-order valence-electron chi connectivity index (χ4n) is 1.39. The molecule has 1 amide bonds. The Balaban J connectivity index is 1.80. The molecule has 0 aromatic heterocycles. The van der Waals surface area contributed by atoms with E-state index in [0.717, 1.165) is 5.56 Å². The number of amides is 1. The van der Waals surface area contributed by atoms with Crippen molar-refractivity contribution in [2.45, 2.75) is 18.8 Å². The van der Waals surface area contributed by atoms with Gasteiger partial charge in [0.15, 0.2) is 12.2 Å². The van der Waals surface area contributed by atoms with Crippen molar-refractivity contribution in [3.05, 3.63) is 35.9 Å². The van der Waals surface area contributed by atoms with Crippen LogP contribution < -0.4 is 5.32 Å². The highest BCUT2D eigenvalue weighted by Gasteiger charge is 2.50. The van der Waals surface area contributed by atoms with Crippen molar-refractivity contribution in [3.8, 4) is 0 Å². The first-order chi connectivity index (χ1) is 7.68. The van der Waals surface area contributed by atoms with Gasteiger partial charge < -0.3 is 15.2 Å². The molecular formula is C11H11NO4. The third-order valence-electron chi connectivity index (χ3n) is 2.30. The molecule has 1 heterocycles. The fourth-order valence-corrected chi connectivity index (χ4v) is 1.39. The molecule has 1 aliphatic rings. The molecule has 5 nitrogen and oxygen atoms in total. The molecule has 1 fully saturated rings. The lowest BCUT2D eigenvalue weighted by atomic mass is 10.2. The second kappa shape index (κ2) is 4.32. The highest BCUT2D eigenvalue weighted by molar-refractivity contribution is 5.91. The summed E-state index contributed by atoms with van der Waals surface area (Å²) >= 11 is 0. The SMILES string of the molecule is O=C(O)[C@@H]1O[C@H]1C(=O)NCc1ccccc1. The number of epoxide rings is 1.